The lowest BCUT2D eigenvalue weighted by Crippen LogP contribution is -2.00. The summed E-state index contributed by atoms with van der Waals surface area (Å²) in [5, 5.41) is 9.82. The van der Waals surface area contributed by atoms with Crippen LogP contribution >= 0.6 is 0 Å². The normalized spacial score (nSPS) is 11.9. The molecule has 0 bridgehead atoms. The molecular formula is C63H39N3O. The molecule has 0 amide bonds. The van der Waals surface area contributed by atoms with Gasteiger partial charge in [0.05, 0.1) is 22.1 Å². The molecule has 0 N–H and O–H groups in total. The fourth-order valence-corrected chi connectivity index (χ4v) is 10.6. The van der Waals surface area contributed by atoms with Crippen LogP contribution in [0.1, 0.15) is 0 Å². The van der Waals surface area contributed by atoms with Gasteiger partial charge in [-0.15, -0.1) is 0 Å². The summed E-state index contributed by atoms with van der Waals surface area (Å²) in [4.78, 5) is 4.92. The quantitative estimate of drug-likeness (QED) is 0.156. The third-order valence-corrected chi connectivity index (χ3v) is 13.7. The molecule has 0 unspecified atom stereocenters. The van der Waals surface area contributed by atoms with Crippen LogP contribution in [0.5, 0.6) is 0 Å². The van der Waals surface area contributed by atoms with Crippen molar-refractivity contribution in [2.75, 3.05) is 0 Å². The zero-order chi connectivity index (χ0) is 44.0. The maximum Gasteiger partial charge on any atom is 0.227 e. The number of benzene rings is 11. The predicted molar refractivity (Wildman–Crippen MR) is 279 cm³/mol. The average Bonchev–Trinajstić information content (AvgIpc) is 4.10. The van der Waals surface area contributed by atoms with Crippen molar-refractivity contribution >= 4 is 76.3 Å². The summed E-state index contributed by atoms with van der Waals surface area (Å²) in [5.74, 6) is 0.616. The maximum absolute atomic E-state index is 6.57. The number of nitrogens with zero attached hydrogens (tertiary/aromatic N) is 3. The average molecular weight is 854 g/mol. The second kappa shape index (κ2) is 14.8. The smallest absolute Gasteiger partial charge is 0.227 e. The Kier molecular flexibility index (Phi) is 8.25. The second-order valence-corrected chi connectivity index (χ2v) is 17.5. The lowest BCUT2D eigenvalue weighted by Gasteiger charge is -2.16. The van der Waals surface area contributed by atoms with E-state index in [-0.39, 0.29) is 0 Å². The van der Waals surface area contributed by atoms with Crippen LogP contribution in [0.25, 0.3) is 132 Å². The highest BCUT2D eigenvalue weighted by Crippen LogP contribution is 2.44. The van der Waals surface area contributed by atoms with Gasteiger partial charge in [0.1, 0.15) is 5.52 Å². The molecule has 11 aromatic carbocycles. The highest BCUT2D eigenvalue weighted by molar-refractivity contribution is 6.24. The van der Waals surface area contributed by atoms with Crippen LogP contribution in [0.4, 0.5) is 0 Å². The van der Waals surface area contributed by atoms with E-state index < -0.39 is 0 Å². The highest BCUT2D eigenvalue weighted by atomic mass is 16.3. The van der Waals surface area contributed by atoms with E-state index in [4.69, 9.17) is 9.40 Å². The lowest BCUT2D eigenvalue weighted by atomic mass is 9.95. The van der Waals surface area contributed by atoms with Gasteiger partial charge in [0.15, 0.2) is 5.58 Å². The molecule has 0 aliphatic heterocycles. The Morgan fingerprint density at radius 1 is 0.313 bits per heavy atom. The minimum atomic E-state index is 0.616. The van der Waals surface area contributed by atoms with Gasteiger partial charge in [-0.3, -0.25) is 0 Å². The number of hydrogen-bond acceptors (Lipinski definition) is 2. The van der Waals surface area contributed by atoms with E-state index >= 15 is 0 Å². The SMILES string of the molecule is c1ccc(-c2cc(-c3ccc4c(ccc5ccccc54)c3)cc(-n3c4ccccc4c4ccc5c6ccccc6n(-c6cccc(-c7cccc8nc(-c9ccccc9)oc78)c6)c5c43)c2)cc1. The van der Waals surface area contributed by atoms with Crippen molar-refractivity contribution in [3.05, 3.63) is 237 Å². The van der Waals surface area contributed by atoms with Crippen molar-refractivity contribution in [1.82, 2.24) is 14.1 Å². The highest BCUT2D eigenvalue weighted by Gasteiger charge is 2.23. The van der Waals surface area contributed by atoms with E-state index in [0.717, 1.165) is 72.4 Å². The van der Waals surface area contributed by atoms with E-state index in [1.54, 1.807) is 0 Å². The van der Waals surface area contributed by atoms with Crippen LogP contribution in [0, 0.1) is 0 Å². The first kappa shape index (κ1) is 37.4. The summed E-state index contributed by atoms with van der Waals surface area (Å²) in [6, 6.07) is 85.5. The molecule has 14 rings (SSSR count). The summed E-state index contributed by atoms with van der Waals surface area (Å²) in [6.45, 7) is 0. The number of oxazole rings is 1. The van der Waals surface area contributed by atoms with Crippen LogP contribution in [0.15, 0.2) is 241 Å². The third kappa shape index (κ3) is 5.90. The topological polar surface area (TPSA) is 35.9 Å². The van der Waals surface area contributed by atoms with Crippen molar-refractivity contribution in [2.45, 2.75) is 0 Å². The summed E-state index contributed by atoms with van der Waals surface area (Å²) in [5.41, 5.74) is 16.1. The summed E-state index contributed by atoms with van der Waals surface area (Å²) < 4.78 is 11.5. The van der Waals surface area contributed by atoms with Crippen LogP contribution in [0.2, 0.25) is 0 Å². The zero-order valence-electron chi connectivity index (χ0n) is 36.3. The Labute approximate surface area is 385 Å². The van der Waals surface area contributed by atoms with E-state index in [0.29, 0.717) is 5.89 Å². The Hall–Kier alpha value is -8.99. The standard InChI is InChI=1S/C63H39N3O/c1-3-15-40(16-4-1)46-36-47(43-31-32-51-45(35-43)30-29-41-17-7-8-22-50(41)51)39-49(38-46)66-59-28-12-10-24-54(59)56-34-33-55-53-23-9-11-27-58(53)65(60(55)61(56)66)48-21-13-20-44(37-48)52-25-14-26-57-62(52)67-63(64-57)42-18-5-2-6-19-42/h1-39H. The fourth-order valence-electron chi connectivity index (χ4n) is 10.6. The molecule has 0 aliphatic carbocycles. The van der Waals surface area contributed by atoms with Gasteiger partial charge >= 0.3 is 0 Å². The number of hydrogen-bond donors (Lipinski definition) is 0. The molecule has 3 heterocycles. The fraction of sp³-hybridized carbons (Fsp3) is 0. The van der Waals surface area contributed by atoms with Crippen molar-refractivity contribution in [3.8, 4) is 56.2 Å². The Morgan fingerprint density at radius 2 is 0.866 bits per heavy atom. The van der Waals surface area contributed by atoms with Gasteiger partial charge in [-0.05, 0) is 116 Å². The van der Waals surface area contributed by atoms with Crippen molar-refractivity contribution in [1.29, 1.82) is 0 Å². The molecule has 3 aromatic heterocycles. The molecule has 67 heavy (non-hydrogen) atoms. The second-order valence-electron chi connectivity index (χ2n) is 17.5. The number of rotatable bonds is 6. The summed E-state index contributed by atoms with van der Waals surface area (Å²) in [6.07, 6.45) is 0. The van der Waals surface area contributed by atoms with E-state index in [2.05, 4.69) is 209 Å². The van der Waals surface area contributed by atoms with Crippen molar-refractivity contribution in [2.24, 2.45) is 0 Å². The molecule has 0 spiro atoms. The minimum absolute atomic E-state index is 0.616. The number of para-hydroxylation sites is 3. The van der Waals surface area contributed by atoms with Crippen molar-refractivity contribution < 1.29 is 4.42 Å². The molecular weight excluding hydrogens is 815 g/mol. The van der Waals surface area contributed by atoms with Gasteiger partial charge in [-0.2, -0.15) is 0 Å². The molecule has 4 heteroatoms. The zero-order valence-corrected chi connectivity index (χ0v) is 36.3. The summed E-state index contributed by atoms with van der Waals surface area (Å²) >= 11 is 0. The van der Waals surface area contributed by atoms with E-state index in [1.807, 2.05) is 36.4 Å². The van der Waals surface area contributed by atoms with Gasteiger partial charge in [-0.1, -0.05) is 170 Å². The molecule has 0 radical (unpaired) electrons. The van der Waals surface area contributed by atoms with Crippen molar-refractivity contribution in [3.63, 3.8) is 0 Å². The summed E-state index contributed by atoms with van der Waals surface area (Å²) in [7, 11) is 0. The largest absolute Gasteiger partial charge is 0.435 e. The molecule has 0 aliphatic rings. The van der Waals surface area contributed by atoms with E-state index in [1.165, 1.54) is 54.2 Å². The van der Waals surface area contributed by atoms with Gasteiger partial charge in [-0.25, -0.2) is 4.98 Å². The van der Waals surface area contributed by atoms with Crippen LogP contribution in [-0.4, -0.2) is 14.1 Å². The minimum Gasteiger partial charge on any atom is -0.435 e. The van der Waals surface area contributed by atoms with Gasteiger partial charge in [0, 0.05) is 44.0 Å². The number of fused-ring (bicyclic) bond motifs is 11. The molecule has 0 saturated carbocycles. The first-order chi connectivity index (χ1) is 33.2. The third-order valence-electron chi connectivity index (χ3n) is 13.7. The Morgan fingerprint density at radius 3 is 1.61 bits per heavy atom. The molecule has 4 nitrogen and oxygen atoms in total. The van der Waals surface area contributed by atoms with Crippen LogP contribution < -0.4 is 0 Å². The molecule has 0 saturated heterocycles. The molecule has 0 fully saturated rings. The Bertz CT molecular complexity index is 4270. The lowest BCUT2D eigenvalue weighted by molar-refractivity contribution is 0.621. The molecule has 0 atom stereocenters. The number of aromatic nitrogens is 3. The van der Waals surface area contributed by atoms with E-state index in [9.17, 15) is 0 Å². The first-order valence-electron chi connectivity index (χ1n) is 22.9. The maximum atomic E-state index is 6.57. The van der Waals surface area contributed by atoms with Gasteiger partial charge < -0.3 is 13.6 Å². The first-order valence-corrected chi connectivity index (χ1v) is 22.9. The van der Waals surface area contributed by atoms with Gasteiger partial charge in [0.2, 0.25) is 5.89 Å². The van der Waals surface area contributed by atoms with Gasteiger partial charge in [0.25, 0.3) is 0 Å². The van der Waals surface area contributed by atoms with Crippen LogP contribution in [0.3, 0.4) is 0 Å². The Balaban J connectivity index is 1.03. The molecule has 312 valence electrons. The monoisotopic (exact) mass is 853 g/mol. The van der Waals surface area contributed by atoms with Crippen LogP contribution in [-0.2, 0) is 0 Å². The molecule has 14 aromatic rings. The predicted octanol–water partition coefficient (Wildman–Crippen LogP) is 17.0.